The molecule has 154 valence electrons. The lowest BCUT2D eigenvalue weighted by Crippen LogP contribution is -2.17. The zero-order valence-electron chi connectivity index (χ0n) is 16.6. The molecule has 3 nitrogen and oxygen atoms in total. The molecular weight excluding hydrogens is 367 g/mol. The minimum atomic E-state index is -4.75. The van der Waals surface area contributed by atoms with Crippen molar-refractivity contribution in [2.24, 2.45) is 0 Å². The number of carbonyl (C=O) groups excluding carboxylic acids is 1. The standard InChI is InChI=1S/C16H14F3NO2.C6H14/c1-2-11-4-3-5-13(10-11)20-15(21)12-6-8-14(9-7-12)22-16(17,18)19;1-3-5-6-4-2/h3-10H,2H2,1H3,(H,20,21);3-6H2,1-2H3. The summed E-state index contributed by atoms with van der Waals surface area (Å²) in [5.41, 5.74) is 1.96. The molecule has 2 rings (SSSR count). The first-order valence-electron chi connectivity index (χ1n) is 9.55. The number of rotatable bonds is 7. The summed E-state index contributed by atoms with van der Waals surface area (Å²) in [7, 11) is 0. The first kappa shape index (κ1) is 23.5. The van der Waals surface area contributed by atoms with Gasteiger partial charge in [-0.2, -0.15) is 0 Å². The number of anilines is 1. The van der Waals surface area contributed by atoms with Crippen molar-refractivity contribution in [3.05, 3.63) is 59.7 Å². The highest BCUT2D eigenvalue weighted by Gasteiger charge is 2.31. The van der Waals surface area contributed by atoms with Gasteiger partial charge in [-0.15, -0.1) is 13.2 Å². The summed E-state index contributed by atoms with van der Waals surface area (Å²) < 4.78 is 39.9. The van der Waals surface area contributed by atoms with Crippen molar-refractivity contribution >= 4 is 11.6 Å². The maximum Gasteiger partial charge on any atom is 0.573 e. The highest BCUT2D eigenvalue weighted by molar-refractivity contribution is 6.04. The van der Waals surface area contributed by atoms with E-state index in [0.717, 1.165) is 24.1 Å². The number of aryl methyl sites for hydroxylation is 1. The second-order valence-electron chi connectivity index (χ2n) is 6.29. The Kier molecular flexibility index (Phi) is 10.1. The average molecular weight is 395 g/mol. The average Bonchev–Trinajstić information content (AvgIpc) is 2.66. The summed E-state index contributed by atoms with van der Waals surface area (Å²) in [6.45, 7) is 6.46. The van der Waals surface area contributed by atoms with E-state index in [9.17, 15) is 18.0 Å². The third-order valence-corrected chi connectivity index (χ3v) is 3.90. The lowest BCUT2D eigenvalue weighted by atomic mass is 10.1. The van der Waals surface area contributed by atoms with E-state index < -0.39 is 12.3 Å². The van der Waals surface area contributed by atoms with Crippen LogP contribution in [0.4, 0.5) is 18.9 Å². The molecule has 0 aromatic heterocycles. The minimum absolute atomic E-state index is 0.247. The number of hydrogen-bond acceptors (Lipinski definition) is 2. The fourth-order valence-electron chi connectivity index (χ4n) is 2.38. The Morgan fingerprint density at radius 2 is 1.57 bits per heavy atom. The zero-order valence-corrected chi connectivity index (χ0v) is 16.6. The summed E-state index contributed by atoms with van der Waals surface area (Å²) >= 11 is 0. The molecule has 2 aromatic rings. The van der Waals surface area contributed by atoms with Gasteiger partial charge in [-0.25, -0.2) is 0 Å². The molecule has 0 saturated heterocycles. The third kappa shape index (κ3) is 9.44. The van der Waals surface area contributed by atoms with Gasteiger partial charge in [-0.1, -0.05) is 58.6 Å². The van der Waals surface area contributed by atoms with Crippen molar-refractivity contribution in [1.29, 1.82) is 0 Å². The number of carbonyl (C=O) groups is 1. The van der Waals surface area contributed by atoms with Crippen LogP contribution in [0.2, 0.25) is 0 Å². The largest absolute Gasteiger partial charge is 0.573 e. The molecule has 0 bridgehead atoms. The van der Waals surface area contributed by atoms with Crippen LogP contribution < -0.4 is 10.1 Å². The quantitative estimate of drug-likeness (QED) is 0.513. The number of benzene rings is 2. The van der Waals surface area contributed by atoms with Gasteiger partial charge in [0, 0.05) is 11.3 Å². The number of nitrogens with one attached hydrogen (secondary N) is 1. The number of amides is 1. The summed E-state index contributed by atoms with van der Waals surface area (Å²) in [6.07, 6.45) is 1.63. The highest BCUT2D eigenvalue weighted by Crippen LogP contribution is 2.23. The minimum Gasteiger partial charge on any atom is -0.406 e. The van der Waals surface area contributed by atoms with Crippen LogP contribution in [0.3, 0.4) is 0 Å². The fourth-order valence-corrected chi connectivity index (χ4v) is 2.38. The molecule has 0 atom stereocenters. The Morgan fingerprint density at radius 1 is 0.964 bits per heavy atom. The Balaban J connectivity index is 0.000000568. The van der Waals surface area contributed by atoms with E-state index in [-0.39, 0.29) is 11.3 Å². The van der Waals surface area contributed by atoms with Gasteiger partial charge < -0.3 is 10.1 Å². The highest BCUT2D eigenvalue weighted by atomic mass is 19.4. The van der Waals surface area contributed by atoms with Crippen LogP contribution in [0, 0.1) is 0 Å². The topological polar surface area (TPSA) is 38.3 Å². The van der Waals surface area contributed by atoms with E-state index in [1.54, 1.807) is 6.07 Å². The number of ether oxygens (including phenoxy) is 1. The van der Waals surface area contributed by atoms with Crippen LogP contribution in [-0.2, 0) is 6.42 Å². The Hall–Kier alpha value is -2.50. The maximum atomic E-state index is 12.1. The molecule has 0 heterocycles. The first-order valence-corrected chi connectivity index (χ1v) is 9.55. The SMILES string of the molecule is CCCCCC.CCc1cccc(NC(=O)c2ccc(OC(F)(F)F)cc2)c1. The lowest BCUT2D eigenvalue weighted by molar-refractivity contribution is -0.274. The Bertz CT molecular complexity index is 708. The van der Waals surface area contributed by atoms with Crippen molar-refractivity contribution in [2.45, 2.75) is 59.2 Å². The van der Waals surface area contributed by atoms with Gasteiger partial charge in [0.1, 0.15) is 5.75 Å². The molecular formula is C22H28F3NO2. The van der Waals surface area contributed by atoms with Gasteiger partial charge in [-0.3, -0.25) is 4.79 Å². The van der Waals surface area contributed by atoms with Crippen LogP contribution in [0.15, 0.2) is 48.5 Å². The predicted octanol–water partition coefficient (Wildman–Crippen LogP) is 6.99. The van der Waals surface area contributed by atoms with E-state index in [2.05, 4.69) is 23.9 Å². The zero-order chi connectivity index (χ0) is 21.0. The summed E-state index contributed by atoms with van der Waals surface area (Å²) in [6, 6.07) is 12.1. The van der Waals surface area contributed by atoms with Crippen molar-refractivity contribution in [1.82, 2.24) is 0 Å². The molecule has 0 unspecified atom stereocenters. The normalized spacial score (nSPS) is 10.6. The number of alkyl halides is 3. The fraction of sp³-hybridized carbons (Fsp3) is 0.409. The van der Waals surface area contributed by atoms with Crippen LogP contribution >= 0.6 is 0 Å². The molecule has 0 spiro atoms. The molecule has 0 aliphatic rings. The van der Waals surface area contributed by atoms with Gasteiger partial charge in [0.25, 0.3) is 5.91 Å². The molecule has 1 amide bonds. The molecule has 0 saturated carbocycles. The first-order chi connectivity index (χ1) is 13.3. The number of unbranched alkanes of at least 4 members (excludes halogenated alkanes) is 3. The third-order valence-electron chi connectivity index (χ3n) is 3.90. The van der Waals surface area contributed by atoms with E-state index in [4.69, 9.17) is 0 Å². The van der Waals surface area contributed by atoms with E-state index in [1.807, 2.05) is 25.1 Å². The van der Waals surface area contributed by atoms with Crippen molar-refractivity contribution in [2.75, 3.05) is 5.32 Å². The summed E-state index contributed by atoms with van der Waals surface area (Å²) in [5.74, 6) is -0.760. The van der Waals surface area contributed by atoms with Crippen molar-refractivity contribution in [3.63, 3.8) is 0 Å². The predicted molar refractivity (Wildman–Crippen MR) is 107 cm³/mol. The summed E-state index contributed by atoms with van der Waals surface area (Å²) in [4.78, 5) is 12.0. The molecule has 0 aliphatic heterocycles. The van der Waals surface area contributed by atoms with Gasteiger partial charge in [0.2, 0.25) is 0 Å². The van der Waals surface area contributed by atoms with Crippen molar-refractivity contribution in [3.8, 4) is 5.75 Å². The van der Waals surface area contributed by atoms with Crippen LogP contribution in [-0.4, -0.2) is 12.3 Å². The van der Waals surface area contributed by atoms with Gasteiger partial charge in [0.05, 0.1) is 0 Å². The number of hydrogen-bond donors (Lipinski definition) is 1. The maximum absolute atomic E-state index is 12.1. The van der Waals surface area contributed by atoms with E-state index in [1.165, 1.54) is 37.8 Å². The van der Waals surface area contributed by atoms with Crippen LogP contribution in [0.25, 0.3) is 0 Å². The molecule has 6 heteroatoms. The molecule has 2 aromatic carbocycles. The van der Waals surface area contributed by atoms with Crippen LogP contribution in [0.5, 0.6) is 5.75 Å². The Labute approximate surface area is 164 Å². The number of halogens is 3. The molecule has 0 aliphatic carbocycles. The van der Waals surface area contributed by atoms with E-state index in [0.29, 0.717) is 5.69 Å². The Morgan fingerprint density at radius 3 is 2.07 bits per heavy atom. The van der Waals surface area contributed by atoms with Gasteiger partial charge in [0.15, 0.2) is 0 Å². The summed E-state index contributed by atoms with van der Waals surface area (Å²) in [5, 5.41) is 2.70. The second-order valence-corrected chi connectivity index (χ2v) is 6.29. The molecule has 28 heavy (non-hydrogen) atoms. The molecule has 0 fully saturated rings. The van der Waals surface area contributed by atoms with E-state index >= 15 is 0 Å². The molecule has 0 radical (unpaired) electrons. The molecule has 1 N–H and O–H groups in total. The van der Waals surface area contributed by atoms with Gasteiger partial charge >= 0.3 is 6.36 Å². The van der Waals surface area contributed by atoms with Crippen molar-refractivity contribution < 1.29 is 22.7 Å². The smallest absolute Gasteiger partial charge is 0.406 e. The van der Waals surface area contributed by atoms with Gasteiger partial charge in [-0.05, 0) is 48.4 Å². The monoisotopic (exact) mass is 395 g/mol. The van der Waals surface area contributed by atoms with Crippen LogP contribution in [0.1, 0.15) is 62.4 Å². The second kappa shape index (κ2) is 12.1. The lowest BCUT2D eigenvalue weighted by Gasteiger charge is -2.10.